The second kappa shape index (κ2) is 6.23. The summed E-state index contributed by atoms with van der Waals surface area (Å²) in [6.45, 7) is 0.530. The molecular weight excluding hydrogens is 280 g/mol. The molecule has 4 N–H and O–H groups in total. The first-order chi connectivity index (χ1) is 9.58. The maximum atomic E-state index is 10.8. The van der Waals surface area contributed by atoms with Crippen LogP contribution in [0.1, 0.15) is 5.56 Å². The third-order valence-corrected chi connectivity index (χ3v) is 2.96. The highest BCUT2D eigenvalue weighted by Crippen LogP contribution is 2.24. The van der Waals surface area contributed by atoms with Crippen LogP contribution in [0.3, 0.4) is 0 Å². The highest BCUT2D eigenvalue weighted by Gasteiger charge is 2.09. The lowest BCUT2D eigenvalue weighted by molar-refractivity contribution is -0.384. The van der Waals surface area contributed by atoms with Gasteiger partial charge in [0.25, 0.3) is 5.69 Å². The second-order valence-corrected chi connectivity index (χ2v) is 4.59. The minimum atomic E-state index is -0.464. The number of nitrogens with zero attached hydrogens (tertiary/aromatic N) is 1. The molecule has 0 aromatic heterocycles. The van der Waals surface area contributed by atoms with Gasteiger partial charge in [0.2, 0.25) is 0 Å². The van der Waals surface area contributed by atoms with E-state index in [-0.39, 0.29) is 5.69 Å². The summed E-state index contributed by atoms with van der Waals surface area (Å²) in [6.07, 6.45) is 0. The molecule has 0 fully saturated rings. The van der Waals surface area contributed by atoms with E-state index in [4.69, 9.17) is 17.4 Å². The molecule has 7 heteroatoms. The summed E-state index contributed by atoms with van der Waals surface area (Å²) >= 11 is 5.81. The first-order valence-corrected chi connectivity index (χ1v) is 6.20. The van der Waals surface area contributed by atoms with Crippen LogP contribution in [0.15, 0.2) is 42.5 Å². The van der Waals surface area contributed by atoms with Crippen molar-refractivity contribution in [3.8, 4) is 0 Å². The lowest BCUT2D eigenvalue weighted by Crippen LogP contribution is -2.08. The fourth-order valence-electron chi connectivity index (χ4n) is 1.71. The van der Waals surface area contributed by atoms with Crippen molar-refractivity contribution >= 4 is 28.7 Å². The highest BCUT2D eigenvalue weighted by molar-refractivity contribution is 6.30. The van der Waals surface area contributed by atoms with Crippen LogP contribution in [0.4, 0.5) is 17.1 Å². The van der Waals surface area contributed by atoms with Crippen molar-refractivity contribution in [2.24, 2.45) is 5.84 Å². The lowest BCUT2D eigenvalue weighted by Gasteiger charge is -2.09. The van der Waals surface area contributed by atoms with Gasteiger partial charge in [-0.3, -0.25) is 16.0 Å². The Morgan fingerprint density at radius 3 is 2.40 bits per heavy atom. The Balaban J connectivity index is 2.14. The number of halogens is 1. The number of hydrogen-bond acceptors (Lipinski definition) is 5. The number of nitrogens with one attached hydrogen (secondary N) is 2. The van der Waals surface area contributed by atoms with E-state index in [1.807, 2.05) is 12.1 Å². The first kappa shape index (κ1) is 14.1. The summed E-state index contributed by atoms with van der Waals surface area (Å²) in [5.74, 6) is 5.30. The standard InChI is InChI=1S/C13H13ClN4O2/c14-10-3-1-9(2-4-10)8-16-11-5-12(17-15)7-13(6-11)18(19)20/h1-7,16-17H,8,15H2. The third-order valence-electron chi connectivity index (χ3n) is 2.71. The molecule has 0 unspecified atom stereocenters. The van der Waals surface area contributed by atoms with Crippen molar-refractivity contribution in [1.29, 1.82) is 0 Å². The Bertz CT molecular complexity index is 616. The van der Waals surface area contributed by atoms with Crippen molar-refractivity contribution in [2.45, 2.75) is 6.54 Å². The maximum Gasteiger partial charge on any atom is 0.273 e. The predicted molar refractivity (Wildman–Crippen MR) is 79.7 cm³/mol. The zero-order valence-electron chi connectivity index (χ0n) is 10.5. The summed E-state index contributed by atoms with van der Waals surface area (Å²) < 4.78 is 0. The molecule has 20 heavy (non-hydrogen) atoms. The Hall–Kier alpha value is -2.31. The van der Waals surface area contributed by atoms with Crippen molar-refractivity contribution in [3.63, 3.8) is 0 Å². The van der Waals surface area contributed by atoms with Crippen molar-refractivity contribution < 1.29 is 4.92 Å². The third kappa shape index (κ3) is 3.59. The van der Waals surface area contributed by atoms with E-state index in [9.17, 15) is 10.1 Å². The molecule has 6 nitrogen and oxygen atoms in total. The number of hydrogen-bond donors (Lipinski definition) is 3. The van der Waals surface area contributed by atoms with Crippen molar-refractivity contribution in [1.82, 2.24) is 0 Å². The zero-order chi connectivity index (χ0) is 14.5. The van der Waals surface area contributed by atoms with Gasteiger partial charge in [-0.05, 0) is 23.8 Å². The van der Waals surface area contributed by atoms with E-state index in [0.29, 0.717) is 22.9 Å². The van der Waals surface area contributed by atoms with Crippen LogP contribution in [0.25, 0.3) is 0 Å². The van der Waals surface area contributed by atoms with Gasteiger partial charge in [-0.2, -0.15) is 0 Å². The summed E-state index contributed by atoms with van der Waals surface area (Å²) in [4.78, 5) is 10.4. The minimum Gasteiger partial charge on any atom is -0.381 e. The monoisotopic (exact) mass is 292 g/mol. The van der Waals surface area contributed by atoms with E-state index in [0.717, 1.165) is 5.56 Å². The molecule has 104 valence electrons. The van der Waals surface area contributed by atoms with E-state index >= 15 is 0 Å². The average molecular weight is 293 g/mol. The topological polar surface area (TPSA) is 93.2 Å². The molecule has 2 rings (SSSR count). The Kier molecular flexibility index (Phi) is 4.39. The molecular formula is C13H13ClN4O2. The molecule has 0 atom stereocenters. The lowest BCUT2D eigenvalue weighted by atomic mass is 10.2. The molecule has 0 bridgehead atoms. The number of anilines is 2. The van der Waals surface area contributed by atoms with Gasteiger partial charge in [0, 0.05) is 29.4 Å². The molecule has 0 radical (unpaired) electrons. The number of nitrogens with two attached hydrogens (primary N) is 1. The average Bonchev–Trinajstić information content (AvgIpc) is 2.46. The van der Waals surface area contributed by atoms with Gasteiger partial charge >= 0.3 is 0 Å². The van der Waals surface area contributed by atoms with Crippen molar-refractivity contribution in [3.05, 3.63) is 63.2 Å². The van der Waals surface area contributed by atoms with E-state index in [1.165, 1.54) is 12.1 Å². The summed E-state index contributed by atoms with van der Waals surface area (Å²) in [5.41, 5.74) is 4.48. The molecule has 0 amide bonds. The van der Waals surface area contributed by atoms with E-state index < -0.39 is 4.92 Å². The van der Waals surface area contributed by atoms with Gasteiger partial charge in [0.1, 0.15) is 0 Å². The number of rotatable bonds is 5. The quantitative estimate of drug-likeness (QED) is 0.447. The van der Waals surface area contributed by atoms with E-state index in [2.05, 4.69) is 10.7 Å². The summed E-state index contributed by atoms with van der Waals surface area (Å²) in [5, 5.41) is 14.6. The summed E-state index contributed by atoms with van der Waals surface area (Å²) in [6, 6.07) is 11.9. The normalized spacial score (nSPS) is 10.1. The molecule has 0 aliphatic heterocycles. The van der Waals surface area contributed by atoms with Gasteiger partial charge < -0.3 is 10.7 Å². The Morgan fingerprint density at radius 2 is 1.80 bits per heavy atom. The smallest absolute Gasteiger partial charge is 0.273 e. The van der Waals surface area contributed by atoms with E-state index in [1.54, 1.807) is 18.2 Å². The number of hydrazine groups is 1. The fourth-order valence-corrected chi connectivity index (χ4v) is 1.83. The fraction of sp³-hybridized carbons (Fsp3) is 0.0769. The van der Waals surface area contributed by atoms with Gasteiger partial charge in [-0.25, -0.2) is 0 Å². The van der Waals surface area contributed by atoms with Crippen LogP contribution in [-0.2, 0) is 6.54 Å². The first-order valence-electron chi connectivity index (χ1n) is 5.83. The second-order valence-electron chi connectivity index (χ2n) is 4.15. The van der Waals surface area contributed by atoms with Crippen LogP contribution < -0.4 is 16.6 Å². The number of benzene rings is 2. The van der Waals surface area contributed by atoms with Crippen LogP contribution in [0, 0.1) is 10.1 Å². The van der Waals surface area contributed by atoms with Gasteiger partial charge in [-0.15, -0.1) is 0 Å². The molecule has 2 aromatic carbocycles. The highest BCUT2D eigenvalue weighted by atomic mass is 35.5. The SMILES string of the molecule is NNc1cc(NCc2ccc(Cl)cc2)cc([N+](=O)[O-])c1. The minimum absolute atomic E-state index is 0.0287. The number of nitrogen functional groups attached to an aromatic ring is 1. The van der Waals surface area contributed by atoms with Crippen molar-refractivity contribution in [2.75, 3.05) is 10.7 Å². The molecule has 0 saturated heterocycles. The summed E-state index contributed by atoms with van der Waals surface area (Å²) in [7, 11) is 0. The number of nitro benzene ring substituents is 1. The number of nitro groups is 1. The predicted octanol–water partition coefficient (Wildman–Crippen LogP) is 3.15. The molecule has 0 spiro atoms. The zero-order valence-corrected chi connectivity index (χ0v) is 11.2. The van der Waals surface area contributed by atoms with Crippen LogP contribution in [-0.4, -0.2) is 4.92 Å². The molecule has 0 aliphatic rings. The van der Waals surface area contributed by atoms with Gasteiger partial charge in [0.15, 0.2) is 0 Å². The molecule has 2 aromatic rings. The number of non-ortho nitro benzene ring substituents is 1. The Labute approximate surface area is 120 Å². The molecule has 0 heterocycles. The van der Waals surface area contributed by atoms with Crippen LogP contribution in [0.2, 0.25) is 5.02 Å². The Morgan fingerprint density at radius 1 is 1.15 bits per heavy atom. The molecule has 0 saturated carbocycles. The van der Waals surface area contributed by atoms with Crippen LogP contribution in [0.5, 0.6) is 0 Å². The van der Waals surface area contributed by atoms with Crippen LogP contribution >= 0.6 is 11.6 Å². The maximum absolute atomic E-state index is 10.8. The van der Waals surface area contributed by atoms with Gasteiger partial charge in [-0.1, -0.05) is 23.7 Å². The van der Waals surface area contributed by atoms with Gasteiger partial charge in [0.05, 0.1) is 10.6 Å². The largest absolute Gasteiger partial charge is 0.381 e. The molecule has 0 aliphatic carbocycles.